The Labute approximate surface area is 125 Å². The summed E-state index contributed by atoms with van der Waals surface area (Å²) in [7, 11) is 0. The highest BCUT2D eigenvalue weighted by Gasteiger charge is 2.19. The normalized spacial score (nSPS) is 20.9. The number of hydrogen-bond donors (Lipinski definition) is 1. The van der Waals surface area contributed by atoms with Gasteiger partial charge in [0.15, 0.2) is 0 Å². The number of benzene rings is 1. The van der Waals surface area contributed by atoms with Gasteiger partial charge in [0, 0.05) is 28.6 Å². The summed E-state index contributed by atoms with van der Waals surface area (Å²) >= 11 is 7.11. The average molecular weight is 378 g/mol. The van der Waals surface area contributed by atoms with E-state index in [1.807, 2.05) is 18.2 Å². The molecule has 0 radical (unpaired) electrons. The Bertz CT molecular complexity index is 380. The van der Waals surface area contributed by atoms with Crippen molar-refractivity contribution in [1.29, 1.82) is 0 Å². The van der Waals surface area contributed by atoms with Gasteiger partial charge in [0.1, 0.15) is 0 Å². The number of rotatable bonds is 4. The molecule has 3 nitrogen and oxygen atoms in total. The van der Waals surface area contributed by atoms with Crippen LogP contribution in [0.3, 0.4) is 0 Å². The van der Waals surface area contributed by atoms with E-state index in [9.17, 15) is 0 Å². The van der Waals surface area contributed by atoms with Crippen LogP contribution in [0.25, 0.3) is 0 Å². The zero-order valence-corrected chi connectivity index (χ0v) is 13.6. The van der Waals surface area contributed by atoms with Gasteiger partial charge in [-0.05, 0) is 50.5 Å². The number of anilines is 1. The second kappa shape index (κ2) is 6.89. The molecule has 1 aliphatic rings. The van der Waals surface area contributed by atoms with Crippen LogP contribution < -0.4 is 5.32 Å². The first-order chi connectivity index (χ1) is 8.70. The highest BCUT2D eigenvalue weighted by molar-refractivity contribution is 9.11. The standard InChI is InChI=1S/C13H18Br2N2O/c1-2-17-6-7-18-10(9-17)8-16-13-11(14)4-3-5-12(13)15/h3-5,10,16H,2,6-9H2,1H3. The van der Waals surface area contributed by atoms with E-state index in [2.05, 4.69) is 49.0 Å². The minimum atomic E-state index is 0.262. The number of halogens is 2. The van der Waals surface area contributed by atoms with Gasteiger partial charge in [-0.1, -0.05) is 13.0 Å². The lowest BCUT2D eigenvalue weighted by Crippen LogP contribution is -2.45. The number of morpholine rings is 1. The minimum Gasteiger partial charge on any atom is -0.381 e. The fourth-order valence-electron chi connectivity index (χ4n) is 2.07. The molecule has 0 aliphatic carbocycles. The van der Waals surface area contributed by atoms with Crippen molar-refractivity contribution in [1.82, 2.24) is 4.90 Å². The van der Waals surface area contributed by atoms with E-state index in [0.29, 0.717) is 0 Å². The number of ether oxygens (including phenoxy) is 1. The molecular weight excluding hydrogens is 360 g/mol. The Kier molecular flexibility index (Phi) is 5.48. The van der Waals surface area contributed by atoms with Crippen LogP contribution in [0.2, 0.25) is 0 Å². The lowest BCUT2D eigenvalue weighted by atomic mass is 10.2. The first-order valence-electron chi connectivity index (χ1n) is 6.22. The third kappa shape index (κ3) is 3.70. The van der Waals surface area contributed by atoms with E-state index in [1.54, 1.807) is 0 Å². The molecule has 1 heterocycles. The second-order valence-corrected chi connectivity index (χ2v) is 6.07. The summed E-state index contributed by atoms with van der Waals surface area (Å²) in [5.74, 6) is 0. The van der Waals surface area contributed by atoms with E-state index >= 15 is 0 Å². The Morgan fingerprint density at radius 1 is 1.39 bits per heavy atom. The fraction of sp³-hybridized carbons (Fsp3) is 0.538. The van der Waals surface area contributed by atoms with E-state index < -0.39 is 0 Å². The first kappa shape index (κ1) is 14.3. The number of likely N-dealkylation sites (N-methyl/N-ethyl adjacent to an activating group) is 1. The van der Waals surface area contributed by atoms with Gasteiger partial charge in [-0.3, -0.25) is 4.90 Å². The van der Waals surface area contributed by atoms with Crippen molar-refractivity contribution in [3.8, 4) is 0 Å². The van der Waals surface area contributed by atoms with Crippen LogP contribution in [0.15, 0.2) is 27.1 Å². The molecule has 1 saturated heterocycles. The van der Waals surface area contributed by atoms with Gasteiger partial charge in [0.05, 0.1) is 18.4 Å². The Morgan fingerprint density at radius 2 is 2.11 bits per heavy atom. The summed E-state index contributed by atoms with van der Waals surface area (Å²) in [5, 5.41) is 3.45. The largest absolute Gasteiger partial charge is 0.381 e. The van der Waals surface area contributed by atoms with Crippen molar-refractivity contribution >= 4 is 37.5 Å². The Balaban J connectivity index is 1.91. The maximum absolute atomic E-state index is 5.78. The van der Waals surface area contributed by atoms with Crippen molar-refractivity contribution in [2.24, 2.45) is 0 Å². The van der Waals surface area contributed by atoms with E-state index in [0.717, 1.165) is 47.4 Å². The molecule has 1 aliphatic heterocycles. The minimum absolute atomic E-state index is 0.262. The lowest BCUT2D eigenvalue weighted by molar-refractivity contribution is -0.0191. The van der Waals surface area contributed by atoms with Crippen LogP contribution in [0.4, 0.5) is 5.69 Å². The number of nitrogens with one attached hydrogen (secondary N) is 1. The van der Waals surface area contributed by atoms with Crippen molar-refractivity contribution in [2.75, 3.05) is 38.1 Å². The SMILES string of the molecule is CCN1CCOC(CNc2c(Br)cccc2Br)C1. The van der Waals surface area contributed by atoms with Crippen LogP contribution in [0.5, 0.6) is 0 Å². The molecule has 1 N–H and O–H groups in total. The van der Waals surface area contributed by atoms with Crippen LogP contribution in [0, 0.1) is 0 Å². The predicted octanol–water partition coefficient (Wildman–Crippen LogP) is 3.34. The molecule has 18 heavy (non-hydrogen) atoms. The van der Waals surface area contributed by atoms with E-state index in [1.165, 1.54) is 0 Å². The molecule has 5 heteroatoms. The summed E-state index contributed by atoms with van der Waals surface area (Å²) in [5.41, 5.74) is 1.09. The van der Waals surface area contributed by atoms with Crippen LogP contribution in [0.1, 0.15) is 6.92 Å². The van der Waals surface area contributed by atoms with Gasteiger partial charge in [-0.15, -0.1) is 0 Å². The van der Waals surface area contributed by atoms with Crippen LogP contribution in [-0.2, 0) is 4.74 Å². The van der Waals surface area contributed by atoms with Crippen molar-refractivity contribution in [2.45, 2.75) is 13.0 Å². The second-order valence-electron chi connectivity index (χ2n) is 4.36. The third-order valence-corrected chi connectivity index (χ3v) is 4.46. The molecular formula is C13H18Br2N2O. The zero-order valence-electron chi connectivity index (χ0n) is 10.5. The lowest BCUT2D eigenvalue weighted by Gasteiger charge is -2.32. The molecule has 0 amide bonds. The Hall–Kier alpha value is -0.100. The van der Waals surface area contributed by atoms with Crippen molar-refractivity contribution in [3.63, 3.8) is 0 Å². The van der Waals surface area contributed by atoms with E-state index in [-0.39, 0.29) is 6.10 Å². The Morgan fingerprint density at radius 3 is 2.78 bits per heavy atom. The summed E-state index contributed by atoms with van der Waals surface area (Å²) < 4.78 is 7.92. The molecule has 100 valence electrons. The van der Waals surface area contributed by atoms with Gasteiger partial charge in [0.2, 0.25) is 0 Å². The molecule has 1 aromatic carbocycles. The maximum atomic E-state index is 5.78. The fourth-order valence-corrected chi connectivity index (χ4v) is 3.35. The molecule has 1 fully saturated rings. The zero-order chi connectivity index (χ0) is 13.0. The number of nitrogens with zero attached hydrogens (tertiary/aromatic N) is 1. The highest BCUT2D eigenvalue weighted by atomic mass is 79.9. The summed E-state index contributed by atoms with van der Waals surface area (Å²) in [6.07, 6.45) is 0.262. The van der Waals surface area contributed by atoms with Gasteiger partial charge in [0.25, 0.3) is 0 Å². The molecule has 1 atom stereocenters. The topological polar surface area (TPSA) is 24.5 Å². The summed E-state index contributed by atoms with van der Waals surface area (Å²) in [4.78, 5) is 2.42. The van der Waals surface area contributed by atoms with Gasteiger partial charge in [-0.25, -0.2) is 0 Å². The third-order valence-electron chi connectivity index (χ3n) is 3.14. The smallest absolute Gasteiger partial charge is 0.0874 e. The molecule has 1 aromatic rings. The molecule has 2 rings (SSSR count). The summed E-state index contributed by atoms with van der Waals surface area (Å²) in [6.45, 7) is 7.01. The number of para-hydroxylation sites is 1. The molecule has 0 bridgehead atoms. The van der Waals surface area contributed by atoms with Crippen molar-refractivity contribution < 1.29 is 4.74 Å². The van der Waals surface area contributed by atoms with Crippen molar-refractivity contribution in [3.05, 3.63) is 27.1 Å². The molecule has 0 spiro atoms. The molecule has 0 aromatic heterocycles. The average Bonchev–Trinajstić information content (AvgIpc) is 2.38. The van der Waals surface area contributed by atoms with Gasteiger partial charge in [-0.2, -0.15) is 0 Å². The van der Waals surface area contributed by atoms with E-state index in [4.69, 9.17) is 4.74 Å². The molecule has 0 saturated carbocycles. The predicted molar refractivity (Wildman–Crippen MR) is 82.2 cm³/mol. The van der Waals surface area contributed by atoms with Crippen LogP contribution in [-0.4, -0.2) is 43.8 Å². The summed E-state index contributed by atoms with van der Waals surface area (Å²) in [6, 6.07) is 6.08. The van der Waals surface area contributed by atoms with Gasteiger partial charge >= 0.3 is 0 Å². The van der Waals surface area contributed by atoms with Gasteiger partial charge < -0.3 is 10.1 Å². The number of hydrogen-bond acceptors (Lipinski definition) is 3. The monoisotopic (exact) mass is 376 g/mol. The quantitative estimate of drug-likeness (QED) is 0.870. The highest BCUT2D eigenvalue weighted by Crippen LogP contribution is 2.30. The maximum Gasteiger partial charge on any atom is 0.0874 e. The van der Waals surface area contributed by atoms with Crippen LogP contribution >= 0.6 is 31.9 Å². The first-order valence-corrected chi connectivity index (χ1v) is 7.81. The molecule has 1 unspecified atom stereocenters.